The first-order valence-corrected chi connectivity index (χ1v) is 5.54. The van der Waals surface area contributed by atoms with Gasteiger partial charge in [-0.15, -0.1) is 0 Å². The van der Waals surface area contributed by atoms with Crippen LogP contribution in [0.4, 0.5) is 4.39 Å². The Morgan fingerprint density at radius 3 is 2.75 bits per heavy atom. The van der Waals surface area contributed by atoms with Gasteiger partial charge in [-0.25, -0.2) is 4.39 Å². The van der Waals surface area contributed by atoms with Crippen LogP contribution in [0.15, 0.2) is 18.2 Å². The van der Waals surface area contributed by atoms with Gasteiger partial charge >= 0.3 is 5.97 Å². The summed E-state index contributed by atoms with van der Waals surface area (Å²) in [4.78, 5) is 11.7. The first kappa shape index (κ1) is 11.4. The molecule has 16 heavy (non-hydrogen) atoms. The highest BCUT2D eigenvalue weighted by Crippen LogP contribution is 2.45. The van der Waals surface area contributed by atoms with E-state index in [4.69, 9.17) is 16.3 Å². The molecule has 0 N–H and O–H groups in total. The number of methoxy groups -OCH3 is 1. The number of benzene rings is 1. The van der Waals surface area contributed by atoms with Crippen molar-refractivity contribution in [1.82, 2.24) is 0 Å². The van der Waals surface area contributed by atoms with E-state index in [0.717, 1.165) is 12.8 Å². The summed E-state index contributed by atoms with van der Waals surface area (Å²) in [6.07, 6.45) is 1.84. The number of hydrogen-bond acceptors (Lipinski definition) is 2. The van der Waals surface area contributed by atoms with Crippen LogP contribution in [-0.4, -0.2) is 13.1 Å². The normalized spacial score (nSPS) is 16.9. The Morgan fingerprint density at radius 2 is 2.25 bits per heavy atom. The van der Waals surface area contributed by atoms with E-state index in [1.165, 1.54) is 19.2 Å². The number of ether oxygens (including phenoxy) is 1. The molecule has 0 bridgehead atoms. The number of hydrogen-bond donors (Lipinski definition) is 0. The Hall–Kier alpha value is -1.09. The molecule has 1 atom stereocenters. The van der Waals surface area contributed by atoms with Gasteiger partial charge in [-0.05, 0) is 30.9 Å². The molecule has 0 radical (unpaired) electrons. The molecule has 0 aromatic heterocycles. The van der Waals surface area contributed by atoms with Crippen molar-refractivity contribution in [3.63, 3.8) is 0 Å². The molecule has 1 fully saturated rings. The Labute approximate surface area is 98.4 Å². The van der Waals surface area contributed by atoms with Gasteiger partial charge in [0.2, 0.25) is 0 Å². The standard InChI is InChI=1S/C12H12ClFO2/c1-16-12(15)10(7-5-6-7)11-8(13)3-2-4-9(11)14/h2-4,7,10H,5-6H2,1H3. The molecule has 1 aromatic rings. The van der Waals surface area contributed by atoms with Crippen LogP contribution in [0.5, 0.6) is 0 Å². The second kappa shape index (κ2) is 4.42. The molecule has 0 amide bonds. The molecular formula is C12H12ClFO2. The quantitative estimate of drug-likeness (QED) is 0.761. The molecule has 1 aliphatic carbocycles. The average Bonchev–Trinajstić information content (AvgIpc) is 3.06. The van der Waals surface area contributed by atoms with Crippen molar-refractivity contribution in [3.05, 3.63) is 34.6 Å². The van der Waals surface area contributed by atoms with Crippen LogP contribution in [0, 0.1) is 11.7 Å². The number of esters is 1. The monoisotopic (exact) mass is 242 g/mol. The van der Waals surface area contributed by atoms with Gasteiger partial charge < -0.3 is 4.74 Å². The highest BCUT2D eigenvalue weighted by molar-refractivity contribution is 6.31. The topological polar surface area (TPSA) is 26.3 Å². The van der Waals surface area contributed by atoms with Gasteiger partial charge in [0.15, 0.2) is 0 Å². The van der Waals surface area contributed by atoms with E-state index in [9.17, 15) is 9.18 Å². The van der Waals surface area contributed by atoms with Gasteiger partial charge in [0.25, 0.3) is 0 Å². The molecule has 1 saturated carbocycles. The first-order chi connectivity index (χ1) is 7.65. The molecule has 0 heterocycles. The fourth-order valence-electron chi connectivity index (χ4n) is 1.91. The third-order valence-corrected chi connectivity index (χ3v) is 3.19. The van der Waals surface area contributed by atoms with E-state index in [1.807, 2.05) is 0 Å². The van der Waals surface area contributed by atoms with Crippen molar-refractivity contribution < 1.29 is 13.9 Å². The maximum absolute atomic E-state index is 13.7. The van der Waals surface area contributed by atoms with E-state index < -0.39 is 17.7 Å². The van der Waals surface area contributed by atoms with Gasteiger partial charge in [0.1, 0.15) is 5.82 Å². The Kier molecular flexibility index (Phi) is 3.15. The third kappa shape index (κ3) is 2.05. The fourth-order valence-corrected chi connectivity index (χ4v) is 2.19. The zero-order chi connectivity index (χ0) is 11.7. The molecule has 2 rings (SSSR count). The summed E-state index contributed by atoms with van der Waals surface area (Å²) in [5.74, 6) is -1.23. The van der Waals surface area contributed by atoms with Crippen LogP contribution in [0.2, 0.25) is 5.02 Å². The summed E-state index contributed by atoms with van der Waals surface area (Å²) in [6.45, 7) is 0. The lowest BCUT2D eigenvalue weighted by Gasteiger charge is -2.16. The maximum atomic E-state index is 13.7. The van der Waals surface area contributed by atoms with Gasteiger partial charge in [-0.2, -0.15) is 0 Å². The zero-order valence-electron chi connectivity index (χ0n) is 8.87. The Morgan fingerprint density at radius 1 is 1.56 bits per heavy atom. The van der Waals surface area contributed by atoms with Crippen LogP contribution < -0.4 is 0 Å². The van der Waals surface area contributed by atoms with Crippen LogP contribution in [0.3, 0.4) is 0 Å². The van der Waals surface area contributed by atoms with Crippen LogP contribution in [0.25, 0.3) is 0 Å². The van der Waals surface area contributed by atoms with Crippen molar-refractivity contribution in [2.24, 2.45) is 5.92 Å². The lowest BCUT2D eigenvalue weighted by Crippen LogP contribution is -2.18. The predicted octanol–water partition coefficient (Wildman–Crippen LogP) is 3.15. The van der Waals surface area contributed by atoms with Gasteiger partial charge in [0.05, 0.1) is 13.0 Å². The lowest BCUT2D eigenvalue weighted by atomic mass is 9.93. The van der Waals surface area contributed by atoms with Crippen molar-refractivity contribution in [1.29, 1.82) is 0 Å². The smallest absolute Gasteiger partial charge is 0.313 e. The van der Waals surface area contributed by atoms with Gasteiger partial charge in [-0.1, -0.05) is 17.7 Å². The van der Waals surface area contributed by atoms with E-state index >= 15 is 0 Å². The third-order valence-electron chi connectivity index (χ3n) is 2.86. The summed E-state index contributed by atoms with van der Waals surface area (Å²) in [7, 11) is 1.31. The molecule has 0 saturated heterocycles. The second-order valence-corrected chi connectivity index (χ2v) is 4.38. The molecule has 4 heteroatoms. The number of halogens is 2. The Balaban J connectivity index is 2.42. The summed E-state index contributed by atoms with van der Waals surface area (Å²) in [5.41, 5.74) is 0.276. The van der Waals surface area contributed by atoms with Gasteiger partial charge in [0, 0.05) is 10.6 Å². The summed E-state index contributed by atoms with van der Waals surface area (Å²) < 4.78 is 18.4. The van der Waals surface area contributed by atoms with Crippen molar-refractivity contribution in [2.75, 3.05) is 7.11 Å². The van der Waals surface area contributed by atoms with Crippen molar-refractivity contribution in [3.8, 4) is 0 Å². The molecule has 2 nitrogen and oxygen atoms in total. The molecule has 1 aliphatic rings. The summed E-state index contributed by atoms with van der Waals surface area (Å²) in [5, 5.41) is 0.294. The number of rotatable bonds is 3. The molecular weight excluding hydrogens is 231 g/mol. The van der Waals surface area contributed by atoms with Crippen LogP contribution >= 0.6 is 11.6 Å². The summed E-state index contributed by atoms with van der Waals surface area (Å²) >= 11 is 5.95. The predicted molar refractivity (Wildman–Crippen MR) is 58.9 cm³/mol. The molecule has 86 valence electrons. The van der Waals surface area contributed by atoms with Gasteiger partial charge in [-0.3, -0.25) is 4.79 Å². The highest BCUT2D eigenvalue weighted by Gasteiger charge is 2.40. The fraction of sp³-hybridized carbons (Fsp3) is 0.417. The van der Waals surface area contributed by atoms with E-state index in [0.29, 0.717) is 5.02 Å². The minimum Gasteiger partial charge on any atom is -0.469 e. The highest BCUT2D eigenvalue weighted by atomic mass is 35.5. The second-order valence-electron chi connectivity index (χ2n) is 3.97. The van der Waals surface area contributed by atoms with Crippen LogP contribution in [0.1, 0.15) is 24.3 Å². The van der Waals surface area contributed by atoms with E-state index in [2.05, 4.69) is 0 Å². The van der Waals surface area contributed by atoms with E-state index in [1.54, 1.807) is 6.07 Å². The largest absolute Gasteiger partial charge is 0.469 e. The minimum atomic E-state index is -0.557. The molecule has 1 aromatic carbocycles. The average molecular weight is 243 g/mol. The Bertz CT molecular complexity index is 395. The van der Waals surface area contributed by atoms with E-state index in [-0.39, 0.29) is 11.5 Å². The molecule has 0 spiro atoms. The number of carbonyl (C=O) groups excluding carboxylic acids is 1. The van der Waals surface area contributed by atoms with Crippen molar-refractivity contribution >= 4 is 17.6 Å². The lowest BCUT2D eigenvalue weighted by molar-refractivity contribution is -0.143. The maximum Gasteiger partial charge on any atom is 0.313 e. The summed E-state index contributed by atoms with van der Waals surface area (Å²) in [6, 6.07) is 4.44. The molecule has 0 aliphatic heterocycles. The molecule has 1 unspecified atom stereocenters. The van der Waals surface area contributed by atoms with Crippen molar-refractivity contribution in [2.45, 2.75) is 18.8 Å². The minimum absolute atomic E-state index is 0.168. The first-order valence-electron chi connectivity index (χ1n) is 5.17. The SMILES string of the molecule is COC(=O)C(c1c(F)cccc1Cl)C1CC1. The zero-order valence-corrected chi connectivity index (χ0v) is 9.63. The number of carbonyl (C=O) groups is 1. The van der Waals surface area contributed by atoms with Crippen LogP contribution in [-0.2, 0) is 9.53 Å².